The van der Waals surface area contributed by atoms with Crippen molar-refractivity contribution in [3.05, 3.63) is 0 Å². The van der Waals surface area contributed by atoms with Crippen LogP contribution in [0.5, 0.6) is 0 Å². The third-order valence-corrected chi connectivity index (χ3v) is 3.02. The standard InChI is InChI=1S/C13H26N2O2/c1-10(2)15(13(16)17-11(3)4)9-12-7-5-6-8-14-12/h10-12,14H,5-9H2,1-4H3. The number of amides is 1. The minimum absolute atomic E-state index is 0.0527. The summed E-state index contributed by atoms with van der Waals surface area (Å²) < 4.78 is 5.27. The van der Waals surface area contributed by atoms with Crippen LogP contribution >= 0.6 is 0 Å². The first kappa shape index (κ1) is 14.3. The van der Waals surface area contributed by atoms with Gasteiger partial charge < -0.3 is 15.0 Å². The van der Waals surface area contributed by atoms with Crippen molar-refractivity contribution < 1.29 is 9.53 Å². The molecule has 17 heavy (non-hydrogen) atoms. The molecule has 1 rings (SSSR count). The monoisotopic (exact) mass is 242 g/mol. The Hall–Kier alpha value is -0.770. The van der Waals surface area contributed by atoms with Gasteiger partial charge in [-0.25, -0.2) is 4.79 Å². The average Bonchev–Trinajstić information content (AvgIpc) is 2.25. The second-order valence-corrected chi connectivity index (χ2v) is 5.33. The Morgan fingerprint density at radius 2 is 2.06 bits per heavy atom. The number of hydrogen-bond acceptors (Lipinski definition) is 3. The van der Waals surface area contributed by atoms with Gasteiger partial charge in [0.15, 0.2) is 0 Å². The third kappa shape index (κ3) is 4.94. The summed E-state index contributed by atoms with van der Waals surface area (Å²) in [6.07, 6.45) is 3.40. The number of nitrogens with zero attached hydrogens (tertiary/aromatic N) is 1. The van der Waals surface area contributed by atoms with E-state index in [-0.39, 0.29) is 18.2 Å². The number of ether oxygens (including phenoxy) is 1. The lowest BCUT2D eigenvalue weighted by molar-refractivity contribution is 0.0630. The number of rotatable bonds is 4. The average molecular weight is 242 g/mol. The minimum Gasteiger partial charge on any atom is -0.447 e. The lowest BCUT2D eigenvalue weighted by Crippen LogP contribution is -2.48. The van der Waals surface area contributed by atoms with Gasteiger partial charge in [-0.1, -0.05) is 6.42 Å². The van der Waals surface area contributed by atoms with Crippen LogP contribution in [0.2, 0.25) is 0 Å². The van der Waals surface area contributed by atoms with E-state index in [9.17, 15) is 4.79 Å². The fourth-order valence-electron chi connectivity index (χ4n) is 2.08. The number of carbonyl (C=O) groups is 1. The van der Waals surface area contributed by atoms with Crippen molar-refractivity contribution in [1.29, 1.82) is 0 Å². The highest BCUT2D eigenvalue weighted by molar-refractivity contribution is 5.68. The Kier molecular flexibility index (Phi) is 5.75. The highest BCUT2D eigenvalue weighted by Gasteiger charge is 2.24. The van der Waals surface area contributed by atoms with Crippen molar-refractivity contribution in [2.75, 3.05) is 13.1 Å². The molecule has 1 unspecified atom stereocenters. The van der Waals surface area contributed by atoms with Gasteiger partial charge in [-0.05, 0) is 47.1 Å². The molecule has 0 aliphatic carbocycles. The summed E-state index contributed by atoms with van der Waals surface area (Å²) in [7, 11) is 0. The highest BCUT2D eigenvalue weighted by atomic mass is 16.6. The van der Waals surface area contributed by atoms with E-state index in [4.69, 9.17) is 4.74 Å². The van der Waals surface area contributed by atoms with Crippen LogP contribution in [-0.4, -0.2) is 42.3 Å². The van der Waals surface area contributed by atoms with Crippen molar-refractivity contribution in [3.63, 3.8) is 0 Å². The first-order valence-corrected chi connectivity index (χ1v) is 6.71. The van der Waals surface area contributed by atoms with E-state index in [1.54, 1.807) is 0 Å². The Labute approximate surface area is 105 Å². The lowest BCUT2D eigenvalue weighted by Gasteiger charge is -2.33. The van der Waals surface area contributed by atoms with E-state index in [1.807, 2.05) is 32.6 Å². The summed E-state index contributed by atoms with van der Waals surface area (Å²) in [4.78, 5) is 13.8. The van der Waals surface area contributed by atoms with E-state index in [0.29, 0.717) is 6.04 Å². The predicted octanol–water partition coefficient (Wildman–Crippen LogP) is 2.38. The molecule has 0 aromatic carbocycles. The zero-order chi connectivity index (χ0) is 12.8. The van der Waals surface area contributed by atoms with Gasteiger partial charge >= 0.3 is 6.09 Å². The lowest BCUT2D eigenvalue weighted by atomic mass is 10.0. The molecule has 0 radical (unpaired) electrons. The molecule has 1 aliphatic rings. The van der Waals surface area contributed by atoms with Crippen LogP contribution in [0.1, 0.15) is 47.0 Å². The minimum atomic E-state index is -0.192. The SMILES string of the molecule is CC(C)OC(=O)N(CC1CCCCN1)C(C)C. The molecule has 0 saturated carbocycles. The molecule has 100 valence electrons. The first-order valence-electron chi connectivity index (χ1n) is 6.71. The largest absolute Gasteiger partial charge is 0.447 e. The van der Waals surface area contributed by atoms with Crippen molar-refractivity contribution in [1.82, 2.24) is 10.2 Å². The molecule has 0 spiro atoms. The van der Waals surface area contributed by atoms with Crippen LogP contribution in [0.15, 0.2) is 0 Å². The Balaban J connectivity index is 2.49. The summed E-state index contributed by atoms with van der Waals surface area (Å²) in [5, 5.41) is 3.46. The van der Waals surface area contributed by atoms with Crippen LogP contribution in [-0.2, 0) is 4.74 Å². The molecule has 1 atom stereocenters. The van der Waals surface area contributed by atoms with Gasteiger partial charge in [0.25, 0.3) is 0 Å². The van der Waals surface area contributed by atoms with Crippen molar-refractivity contribution >= 4 is 6.09 Å². The second-order valence-electron chi connectivity index (χ2n) is 5.33. The normalized spacial score (nSPS) is 20.7. The molecule has 4 heteroatoms. The fourth-order valence-corrected chi connectivity index (χ4v) is 2.08. The quantitative estimate of drug-likeness (QED) is 0.823. The van der Waals surface area contributed by atoms with Crippen LogP contribution in [0.3, 0.4) is 0 Å². The van der Waals surface area contributed by atoms with Gasteiger partial charge in [-0.15, -0.1) is 0 Å². The summed E-state index contributed by atoms with van der Waals surface area (Å²) in [6, 6.07) is 0.607. The summed E-state index contributed by atoms with van der Waals surface area (Å²) in [5.74, 6) is 0. The molecule has 1 heterocycles. The molecule has 1 amide bonds. The molecule has 0 bridgehead atoms. The number of piperidine rings is 1. The van der Waals surface area contributed by atoms with Crippen LogP contribution in [0.25, 0.3) is 0 Å². The maximum Gasteiger partial charge on any atom is 0.410 e. The van der Waals surface area contributed by atoms with Crippen molar-refractivity contribution in [2.45, 2.75) is 65.1 Å². The maximum absolute atomic E-state index is 11.9. The Bertz CT molecular complexity index is 236. The van der Waals surface area contributed by atoms with Crippen molar-refractivity contribution in [3.8, 4) is 0 Å². The number of hydrogen-bond donors (Lipinski definition) is 1. The van der Waals surface area contributed by atoms with Crippen LogP contribution in [0.4, 0.5) is 4.79 Å². The summed E-state index contributed by atoms with van der Waals surface area (Å²) in [6.45, 7) is 9.65. The summed E-state index contributed by atoms with van der Waals surface area (Å²) >= 11 is 0. The summed E-state index contributed by atoms with van der Waals surface area (Å²) in [5.41, 5.74) is 0. The van der Waals surface area contributed by atoms with Crippen LogP contribution < -0.4 is 5.32 Å². The van der Waals surface area contributed by atoms with E-state index in [2.05, 4.69) is 5.32 Å². The van der Waals surface area contributed by atoms with Gasteiger partial charge in [-0.2, -0.15) is 0 Å². The zero-order valence-electron chi connectivity index (χ0n) is 11.5. The van der Waals surface area contributed by atoms with Gasteiger partial charge in [0.1, 0.15) is 0 Å². The highest BCUT2D eigenvalue weighted by Crippen LogP contribution is 2.12. The van der Waals surface area contributed by atoms with Gasteiger partial charge in [-0.3, -0.25) is 0 Å². The third-order valence-electron chi connectivity index (χ3n) is 3.02. The van der Waals surface area contributed by atoms with Crippen molar-refractivity contribution in [2.24, 2.45) is 0 Å². The predicted molar refractivity (Wildman–Crippen MR) is 69.1 cm³/mol. The maximum atomic E-state index is 11.9. The molecule has 1 N–H and O–H groups in total. The van der Waals surface area contributed by atoms with E-state index >= 15 is 0 Å². The zero-order valence-corrected chi connectivity index (χ0v) is 11.5. The van der Waals surface area contributed by atoms with Gasteiger partial charge in [0.2, 0.25) is 0 Å². The molecule has 1 fully saturated rings. The van der Waals surface area contributed by atoms with E-state index in [1.165, 1.54) is 12.8 Å². The number of carbonyl (C=O) groups excluding carboxylic acids is 1. The topological polar surface area (TPSA) is 41.6 Å². The second kappa shape index (κ2) is 6.84. The van der Waals surface area contributed by atoms with Crippen LogP contribution in [0, 0.1) is 0 Å². The molecule has 1 saturated heterocycles. The molecule has 1 aliphatic heterocycles. The molecule has 4 nitrogen and oxygen atoms in total. The molecule has 0 aromatic heterocycles. The van der Waals surface area contributed by atoms with Gasteiger partial charge in [0, 0.05) is 18.6 Å². The van der Waals surface area contributed by atoms with E-state index in [0.717, 1.165) is 19.5 Å². The molecule has 0 aromatic rings. The van der Waals surface area contributed by atoms with Gasteiger partial charge in [0.05, 0.1) is 6.10 Å². The smallest absolute Gasteiger partial charge is 0.410 e. The number of nitrogens with one attached hydrogen (secondary N) is 1. The molecular formula is C13H26N2O2. The molecular weight excluding hydrogens is 216 g/mol. The fraction of sp³-hybridized carbons (Fsp3) is 0.923. The Morgan fingerprint density at radius 3 is 2.53 bits per heavy atom. The first-order chi connectivity index (χ1) is 8.00. The van der Waals surface area contributed by atoms with E-state index < -0.39 is 0 Å². The Morgan fingerprint density at radius 1 is 1.35 bits per heavy atom.